The van der Waals surface area contributed by atoms with Crippen molar-refractivity contribution in [2.24, 2.45) is 0 Å². The predicted octanol–water partition coefficient (Wildman–Crippen LogP) is 2.51. The van der Waals surface area contributed by atoms with Gasteiger partial charge < -0.3 is 15.6 Å². The zero-order chi connectivity index (χ0) is 17.8. The molecule has 0 atom stereocenters. The lowest BCUT2D eigenvalue weighted by molar-refractivity contribution is -0.113. The highest BCUT2D eigenvalue weighted by molar-refractivity contribution is 7.99. The van der Waals surface area contributed by atoms with Gasteiger partial charge in [0.1, 0.15) is 6.07 Å². The molecule has 0 saturated heterocycles. The molecule has 8 nitrogen and oxygen atoms in total. The van der Waals surface area contributed by atoms with Gasteiger partial charge in [-0.15, -0.1) is 10.2 Å². The maximum atomic E-state index is 12.1. The number of thioether (sulfide) groups is 1. The van der Waals surface area contributed by atoms with Gasteiger partial charge in [0, 0.05) is 5.02 Å². The van der Waals surface area contributed by atoms with Gasteiger partial charge in [0.05, 0.1) is 23.3 Å². The number of nitrogens with one attached hydrogen (secondary N) is 1. The van der Waals surface area contributed by atoms with Crippen LogP contribution in [0.25, 0.3) is 11.6 Å². The molecule has 25 heavy (non-hydrogen) atoms. The second-order valence-corrected chi connectivity index (χ2v) is 6.17. The molecule has 2 heterocycles. The molecule has 126 valence electrons. The van der Waals surface area contributed by atoms with Crippen molar-refractivity contribution in [2.75, 3.05) is 16.9 Å². The average molecular weight is 375 g/mol. The number of anilines is 1. The summed E-state index contributed by atoms with van der Waals surface area (Å²) in [5.41, 5.74) is 0.677. The number of nitrogens with zero attached hydrogens (tertiary/aromatic N) is 4. The molecule has 0 aliphatic carbocycles. The lowest BCUT2D eigenvalue weighted by atomic mass is 10.2. The lowest BCUT2D eigenvalue weighted by Crippen LogP contribution is -2.17. The number of halogens is 1. The number of aromatic nitrogens is 3. The van der Waals surface area contributed by atoms with Crippen LogP contribution in [0.3, 0.4) is 0 Å². The molecule has 0 saturated carbocycles. The Balaban J connectivity index is 1.66. The van der Waals surface area contributed by atoms with Gasteiger partial charge in [0.15, 0.2) is 5.76 Å². The monoisotopic (exact) mass is 374 g/mol. The van der Waals surface area contributed by atoms with E-state index in [0.29, 0.717) is 33.0 Å². The Hall–Kier alpha value is -2.96. The molecule has 3 aromatic rings. The second-order valence-electron chi connectivity index (χ2n) is 4.79. The molecule has 1 aromatic carbocycles. The van der Waals surface area contributed by atoms with E-state index in [1.807, 2.05) is 6.07 Å². The highest BCUT2D eigenvalue weighted by Crippen LogP contribution is 2.23. The van der Waals surface area contributed by atoms with Crippen molar-refractivity contribution in [1.29, 1.82) is 5.26 Å². The fraction of sp³-hybridized carbons (Fsp3) is 0.0667. The first kappa shape index (κ1) is 16.9. The SMILES string of the molecule is N#Cc1ccc(Cl)cc1NC(=O)CSc1nnc(-c2ccco2)n1N. The van der Waals surface area contributed by atoms with E-state index in [1.165, 1.54) is 23.1 Å². The molecule has 0 aliphatic heterocycles. The number of furan rings is 1. The van der Waals surface area contributed by atoms with Gasteiger partial charge in [0.25, 0.3) is 0 Å². The topological polar surface area (TPSA) is 123 Å². The summed E-state index contributed by atoms with van der Waals surface area (Å²) in [5.74, 6) is 6.45. The van der Waals surface area contributed by atoms with E-state index in [4.69, 9.17) is 27.1 Å². The molecule has 3 N–H and O–H groups in total. The number of hydrogen-bond acceptors (Lipinski definition) is 7. The van der Waals surface area contributed by atoms with Crippen LogP contribution in [0.2, 0.25) is 5.02 Å². The van der Waals surface area contributed by atoms with Gasteiger partial charge in [-0.1, -0.05) is 23.4 Å². The molecular formula is C15H11ClN6O2S. The third-order valence-corrected chi connectivity index (χ3v) is 4.29. The van der Waals surface area contributed by atoms with E-state index in [9.17, 15) is 4.79 Å². The van der Waals surface area contributed by atoms with Crippen molar-refractivity contribution >= 4 is 35.0 Å². The van der Waals surface area contributed by atoms with E-state index < -0.39 is 0 Å². The summed E-state index contributed by atoms with van der Waals surface area (Å²) in [6.07, 6.45) is 1.50. The fourth-order valence-electron chi connectivity index (χ4n) is 1.98. The molecule has 10 heteroatoms. The van der Waals surface area contributed by atoms with Crippen molar-refractivity contribution in [3.05, 3.63) is 47.2 Å². The normalized spacial score (nSPS) is 10.4. The summed E-state index contributed by atoms with van der Waals surface area (Å²) >= 11 is 6.99. The Kier molecular flexibility index (Phi) is 4.92. The molecular weight excluding hydrogens is 364 g/mol. The van der Waals surface area contributed by atoms with Crippen molar-refractivity contribution in [2.45, 2.75) is 5.16 Å². The average Bonchev–Trinajstić information content (AvgIpc) is 3.23. The van der Waals surface area contributed by atoms with Crippen molar-refractivity contribution in [1.82, 2.24) is 14.9 Å². The molecule has 0 fully saturated rings. The standard InChI is InChI=1S/C15H11ClN6O2S/c16-10-4-3-9(7-17)11(6-10)19-13(23)8-25-15-21-20-14(22(15)18)12-2-1-5-24-12/h1-6H,8,18H2,(H,19,23). The van der Waals surface area contributed by atoms with Crippen LogP contribution in [-0.2, 0) is 4.79 Å². The number of nitrogens with two attached hydrogens (primary N) is 1. The molecule has 2 aromatic heterocycles. The number of carbonyl (C=O) groups is 1. The fourth-order valence-corrected chi connectivity index (χ4v) is 2.81. The van der Waals surface area contributed by atoms with Crippen LogP contribution >= 0.6 is 23.4 Å². The Morgan fingerprint density at radius 1 is 1.44 bits per heavy atom. The minimum atomic E-state index is -0.327. The van der Waals surface area contributed by atoms with Crippen LogP contribution in [-0.4, -0.2) is 26.5 Å². The third-order valence-electron chi connectivity index (χ3n) is 3.11. The zero-order valence-electron chi connectivity index (χ0n) is 12.6. The number of hydrogen-bond donors (Lipinski definition) is 2. The highest BCUT2D eigenvalue weighted by Gasteiger charge is 2.16. The quantitative estimate of drug-likeness (QED) is 0.519. The Bertz CT molecular complexity index is 948. The maximum Gasteiger partial charge on any atom is 0.234 e. The largest absolute Gasteiger partial charge is 0.461 e. The third kappa shape index (κ3) is 3.76. The number of amides is 1. The number of nitriles is 1. The molecule has 0 bridgehead atoms. The number of rotatable bonds is 5. The van der Waals surface area contributed by atoms with Gasteiger partial charge in [-0.3, -0.25) is 4.79 Å². The van der Waals surface area contributed by atoms with E-state index in [1.54, 1.807) is 18.2 Å². The van der Waals surface area contributed by atoms with Gasteiger partial charge >= 0.3 is 0 Å². The van der Waals surface area contributed by atoms with E-state index in [2.05, 4.69) is 15.5 Å². The second kappa shape index (κ2) is 7.29. The summed E-state index contributed by atoms with van der Waals surface area (Å²) in [4.78, 5) is 12.1. The Morgan fingerprint density at radius 3 is 3.00 bits per heavy atom. The van der Waals surface area contributed by atoms with E-state index in [0.717, 1.165) is 11.8 Å². The van der Waals surface area contributed by atoms with Crippen LogP contribution in [0.15, 0.2) is 46.2 Å². The molecule has 0 spiro atoms. The van der Waals surface area contributed by atoms with E-state index >= 15 is 0 Å². The summed E-state index contributed by atoms with van der Waals surface area (Å²) in [5, 5.41) is 20.4. The molecule has 1 amide bonds. The number of carbonyl (C=O) groups excluding carboxylic acids is 1. The van der Waals surface area contributed by atoms with Crippen LogP contribution in [0, 0.1) is 11.3 Å². The van der Waals surface area contributed by atoms with E-state index in [-0.39, 0.29) is 11.7 Å². The van der Waals surface area contributed by atoms with Crippen LogP contribution < -0.4 is 11.2 Å². The van der Waals surface area contributed by atoms with Gasteiger partial charge in [-0.2, -0.15) is 5.26 Å². The summed E-state index contributed by atoms with van der Waals surface area (Å²) in [6, 6.07) is 10.0. The lowest BCUT2D eigenvalue weighted by Gasteiger charge is -2.07. The summed E-state index contributed by atoms with van der Waals surface area (Å²) in [6.45, 7) is 0. The van der Waals surface area contributed by atoms with Crippen molar-refractivity contribution in [3.8, 4) is 17.7 Å². The number of nitrogen functional groups attached to an aromatic ring is 1. The Labute approximate surface area is 151 Å². The molecule has 3 rings (SSSR count). The summed E-state index contributed by atoms with van der Waals surface area (Å²) < 4.78 is 6.47. The molecule has 0 unspecified atom stereocenters. The van der Waals surface area contributed by atoms with Crippen LogP contribution in [0.5, 0.6) is 0 Å². The van der Waals surface area contributed by atoms with Crippen LogP contribution in [0.4, 0.5) is 5.69 Å². The molecule has 0 radical (unpaired) electrons. The van der Waals surface area contributed by atoms with Gasteiger partial charge in [0.2, 0.25) is 16.9 Å². The highest BCUT2D eigenvalue weighted by atomic mass is 35.5. The Morgan fingerprint density at radius 2 is 2.28 bits per heavy atom. The number of benzene rings is 1. The van der Waals surface area contributed by atoms with Crippen molar-refractivity contribution < 1.29 is 9.21 Å². The minimum absolute atomic E-state index is 0.0326. The van der Waals surface area contributed by atoms with Crippen LogP contribution in [0.1, 0.15) is 5.56 Å². The predicted molar refractivity (Wildman–Crippen MR) is 93.4 cm³/mol. The molecule has 0 aliphatic rings. The minimum Gasteiger partial charge on any atom is -0.461 e. The van der Waals surface area contributed by atoms with Gasteiger partial charge in [-0.25, -0.2) is 4.68 Å². The first-order valence-electron chi connectivity index (χ1n) is 6.95. The zero-order valence-corrected chi connectivity index (χ0v) is 14.2. The first-order valence-corrected chi connectivity index (χ1v) is 8.31. The van der Waals surface area contributed by atoms with Crippen molar-refractivity contribution in [3.63, 3.8) is 0 Å². The maximum absolute atomic E-state index is 12.1. The summed E-state index contributed by atoms with van der Waals surface area (Å²) in [7, 11) is 0. The first-order chi connectivity index (χ1) is 12.1. The smallest absolute Gasteiger partial charge is 0.234 e. The van der Waals surface area contributed by atoms with Gasteiger partial charge in [-0.05, 0) is 30.3 Å².